The van der Waals surface area contributed by atoms with Crippen LogP contribution in [-0.4, -0.2) is 14.7 Å². The third-order valence-electron chi connectivity index (χ3n) is 4.70. The van der Waals surface area contributed by atoms with Crippen molar-refractivity contribution in [2.24, 2.45) is 0 Å². The van der Waals surface area contributed by atoms with Crippen molar-refractivity contribution in [2.45, 2.75) is 19.5 Å². The average Bonchev–Trinajstić information content (AvgIpc) is 3.03. The Morgan fingerprint density at radius 2 is 1.81 bits per heavy atom. The van der Waals surface area contributed by atoms with Crippen LogP contribution < -0.4 is 5.32 Å². The maximum Gasteiger partial charge on any atom is 0.201 e. The smallest absolute Gasteiger partial charge is 0.201 e. The number of hydrogen-bond acceptors (Lipinski definition) is 3. The highest BCUT2D eigenvalue weighted by Gasteiger charge is 2.13. The van der Waals surface area contributed by atoms with Crippen molar-refractivity contribution in [2.75, 3.05) is 5.32 Å². The molecule has 0 aliphatic rings. The predicted octanol–water partition coefficient (Wildman–Crippen LogP) is 4.74. The van der Waals surface area contributed by atoms with Crippen molar-refractivity contribution in [3.05, 3.63) is 90.1 Å². The molecule has 0 saturated heterocycles. The van der Waals surface area contributed by atoms with Crippen LogP contribution in [0.2, 0.25) is 0 Å². The van der Waals surface area contributed by atoms with E-state index in [1.807, 2.05) is 42.6 Å². The molecule has 2 aromatic heterocycles. The maximum absolute atomic E-state index is 13.8. The predicted molar refractivity (Wildman–Crippen MR) is 105 cm³/mol. The number of pyridine rings is 1. The van der Waals surface area contributed by atoms with Crippen molar-refractivity contribution in [1.29, 1.82) is 0 Å². The number of anilines is 1. The molecule has 0 atom stereocenters. The number of halogens is 1. The van der Waals surface area contributed by atoms with E-state index in [-0.39, 0.29) is 11.7 Å². The van der Waals surface area contributed by atoms with Crippen LogP contribution in [0.3, 0.4) is 0 Å². The Hall–Kier alpha value is -3.34. The summed E-state index contributed by atoms with van der Waals surface area (Å²) in [5, 5.41) is 15.8. The van der Waals surface area contributed by atoms with Gasteiger partial charge in [-0.25, -0.2) is 4.39 Å². The zero-order valence-electron chi connectivity index (χ0n) is 14.8. The molecule has 2 N–H and O–H groups in total. The molecule has 4 rings (SSSR count). The van der Waals surface area contributed by atoms with Crippen molar-refractivity contribution >= 4 is 16.5 Å². The zero-order chi connectivity index (χ0) is 18.6. The number of nitrogens with zero attached hydrogens (tertiary/aromatic N) is 2. The van der Waals surface area contributed by atoms with E-state index in [9.17, 15) is 9.50 Å². The van der Waals surface area contributed by atoms with E-state index in [0.29, 0.717) is 25.1 Å². The molecule has 2 heterocycles. The lowest BCUT2D eigenvalue weighted by Crippen LogP contribution is -2.01. The molecule has 4 nitrogen and oxygen atoms in total. The summed E-state index contributed by atoms with van der Waals surface area (Å²) in [6.45, 7) is 1.15. The first-order chi connectivity index (χ1) is 13.2. The molecule has 0 fully saturated rings. The minimum atomic E-state index is -0.214. The minimum absolute atomic E-state index is 0.194. The lowest BCUT2D eigenvalue weighted by Gasteiger charge is -2.09. The fraction of sp³-hybridized carbons (Fsp3) is 0.136. The van der Waals surface area contributed by atoms with Gasteiger partial charge in [0, 0.05) is 42.8 Å². The standard InChI is InChI=1S/C22H20FN3O/c23-19-6-2-1-4-17(19)10-13-26-15-18-5-3-7-20(21(18)22(26)27)25-14-16-8-11-24-12-9-16/h1-9,11-12,15,25,27H,10,13-14H2. The first-order valence-electron chi connectivity index (χ1n) is 8.89. The molecule has 5 heteroatoms. The molecule has 2 aromatic carbocycles. The molecule has 0 saturated carbocycles. The van der Waals surface area contributed by atoms with Gasteiger partial charge in [0.05, 0.1) is 5.39 Å². The van der Waals surface area contributed by atoms with Gasteiger partial charge < -0.3 is 15.0 Å². The highest BCUT2D eigenvalue weighted by Crippen LogP contribution is 2.34. The second kappa shape index (κ2) is 7.50. The van der Waals surface area contributed by atoms with E-state index in [4.69, 9.17) is 0 Å². The van der Waals surface area contributed by atoms with Gasteiger partial charge in [-0.05, 0) is 41.8 Å². The molecule has 0 amide bonds. The largest absolute Gasteiger partial charge is 0.494 e. The zero-order valence-corrected chi connectivity index (χ0v) is 14.8. The number of aromatic nitrogens is 2. The van der Waals surface area contributed by atoms with Crippen molar-refractivity contribution in [3.8, 4) is 5.88 Å². The lowest BCUT2D eigenvalue weighted by molar-refractivity contribution is 0.421. The number of aromatic hydroxyl groups is 1. The summed E-state index contributed by atoms with van der Waals surface area (Å²) < 4.78 is 15.6. The van der Waals surface area contributed by atoms with Crippen molar-refractivity contribution in [3.63, 3.8) is 0 Å². The number of rotatable bonds is 6. The van der Waals surface area contributed by atoms with Crippen LogP contribution in [0.15, 0.2) is 73.2 Å². The first-order valence-corrected chi connectivity index (χ1v) is 8.89. The van der Waals surface area contributed by atoms with Gasteiger partial charge >= 0.3 is 0 Å². The SMILES string of the molecule is Oc1c2c(NCc3ccncc3)cccc2cn1CCc1ccccc1F. The van der Waals surface area contributed by atoms with E-state index in [0.717, 1.165) is 22.0 Å². The van der Waals surface area contributed by atoms with Crippen LogP contribution in [-0.2, 0) is 19.5 Å². The minimum Gasteiger partial charge on any atom is -0.494 e. The van der Waals surface area contributed by atoms with E-state index in [2.05, 4.69) is 10.3 Å². The second-order valence-electron chi connectivity index (χ2n) is 6.47. The Morgan fingerprint density at radius 3 is 2.63 bits per heavy atom. The van der Waals surface area contributed by atoms with Gasteiger partial charge in [-0.15, -0.1) is 0 Å². The summed E-state index contributed by atoms with van der Waals surface area (Å²) in [5.41, 5.74) is 2.62. The van der Waals surface area contributed by atoms with Gasteiger partial charge in [0.1, 0.15) is 5.82 Å². The molecule has 4 aromatic rings. The second-order valence-corrected chi connectivity index (χ2v) is 6.47. The molecule has 0 bridgehead atoms. The van der Waals surface area contributed by atoms with Gasteiger partial charge in [-0.3, -0.25) is 4.98 Å². The number of fused-ring (bicyclic) bond motifs is 1. The van der Waals surface area contributed by atoms with E-state index >= 15 is 0 Å². The molecular weight excluding hydrogens is 341 g/mol. The average molecular weight is 361 g/mol. The van der Waals surface area contributed by atoms with Crippen molar-refractivity contribution in [1.82, 2.24) is 9.55 Å². The number of hydrogen-bond donors (Lipinski definition) is 2. The van der Waals surface area contributed by atoms with E-state index in [1.165, 1.54) is 6.07 Å². The summed E-state index contributed by atoms with van der Waals surface area (Å²) in [4.78, 5) is 4.02. The third-order valence-corrected chi connectivity index (χ3v) is 4.70. The van der Waals surface area contributed by atoms with Gasteiger partial charge in [-0.1, -0.05) is 30.3 Å². The number of benzene rings is 2. The summed E-state index contributed by atoms with van der Waals surface area (Å²) in [6.07, 6.45) is 5.94. The molecule has 0 aliphatic carbocycles. The summed E-state index contributed by atoms with van der Waals surface area (Å²) in [7, 11) is 0. The Kier molecular flexibility index (Phi) is 4.75. The quantitative estimate of drug-likeness (QED) is 0.522. The molecular formula is C22H20FN3O. The number of nitrogens with one attached hydrogen (secondary N) is 1. The van der Waals surface area contributed by atoms with E-state index in [1.54, 1.807) is 29.1 Å². The fourth-order valence-electron chi connectivity index (χ4n) is 3.26. The Morgan fingerprint density at radius 1 is 1.00 bits per heavy atom. The molecule has 0 radical (unpaired) electrons. The van der Waals surface area contributed by atoms with Crippen LogP contribution in [0.1, 0.15) is 11.1 Å². The normalized spacial score (nSPS) is 11.0. The summed E-state index contributed by atoms with van der Waals surface area (Å²) in [6, 6.07) is 16.5. The van der Waals surface area contributed by atoms with Crippen LogP contribution >= 0.6 is 0 Å². The topological polar surface area (TPSA) is 50.1 Å². The molecule has 0 spiro atoms. The first kappa shape index (κ1) is 17.1. The van der Waals surface area contributed by atoms with Gasteiger partial charge in [0.2, 0.25) is 5.88 Å². The Bertz CT molecular complexity index is 1060. The summed E-state index contributed by atoms with van der Waals surface area (Å²) in [5.74, 6) is -0.0208. The highest BCUT2D eigenvalue weighted by molar-refractivity contribution is 5.98. The highest BCUT2D eigenvalue weighted by atomic mass is 19.1. The Balaban J connectivity index is 1.57. The van der Waals surface area contributed by atoms with Crippen LogP contribution in [0.4, 0.5) is 10.1 Å². The molecule has 27 heavy (non-hydrogen) atoms. The fourth-order valence-corrected chi connectivity index (χ4v) is 3.26. The Labute approximate surface area is 156 Å². The van der Waals surface area contributed by atoms with Gasteiger partial charge in [0.25, 0.3) is 0 Å². The van der Waals surface area contributed by atoms with Crippen LogP contribution in [0.25, 0.3) is 10.8 Å². The maximum atomic E-state index is 13.8. The monoisotopic (exact) mass is 361 g/mol. The van der Waals surface area contributed by atoms with Crippen LogP contribution in [0.5, 0.6) is 5.88 Å². The lowest BCUT2D eigenvalue weighted by atomic mass is 10.1. The van der Waals surface area contributed by atoms with Crippen molar-refractivity contribution < 1.29 is 9.50 Å². The van der Waals surface area contributed by atoms with E-state index < -0.39 is 0 Å². The van der Waals surface area contributed by atoms with Gasteiger partial charge in [0.15, 0.2) is 0 Å². The third kappa shape index (κ3) is 3.62. The van der Waals surface area contributed by atoms with Gasteiger partial charge in [-0.2, -0.15) is 0 Å². The molecule has 0 unspecified atom stereocenters. The van der Waals surface area contributed by atoms with Crippen LogP contribution in [0, 0.1) is 5.82 Å². The molecule has 0 aliphatic heterocycles. The summed E-state index contributed by atoms with van der Waals surface area (Å²) >= 11 is 0. The molecule has 136 valence electrons. The number of aryl methyl sites for hydroxylation is 2.